The fraction of sp³-hybridized carbons (Fsp3) is 0.500. The molecule has 0 aromatic carbocycles. The topological polar surface area (TPSA) is 79.5 Å². The van der Waals surface area contributed by atoms with Crippen molar-refractivity contribution in [2.75, 3.05) is 37.6 Å². The van der Waals surface area contributed by atoms with Gasteiger partial charge in [-0.05, 0) is 19.1 Å². The number of pyridine rings is 1. The van der Waals surface area contributed by atoms with Crippen LogP contribution in [0.15, 0.2) is 18.3 Å². The molecule has 108 valence electrons. The summed E-state index contributed by atoms with van der Waals surface area (Å²) in [6.45, 7) is 5.78. The third-order valence-corrected chi connectivity index (χ3v) is 3.53. The van der Waals surface area contributed by atoms with Crippen LogP contribution in [-0.2, 0) is 4.79 Å². The van der Waals surface area contributed by atoms with Crippen molar-refractivity contribution in [3.63, 3.8) is 0 Å². The van der Waals surface area contributed by atoms with Crippen molar-refractivity contribution in [1.82, 2.24) is 9.88 Å². The van der Waals surface area contributed by atoms with Crippen LogP contribution in [0, 0.1) is 0 Å². The van der Waals surface area contributed by atoms with Gasteiger partial charge in [-0.25, -0.2) is 4.98 Å². The molecule has 6 nitrogen and oxygen atoms in total. The Morgan fingerprint density at radius 3 is 2.45 bits per heavy atom. The van der Waals surface area contributed by atoms with Gasteiger partial charge in [0.2, 0.25) is 5.91 Å². The van der Waals surface area contributed by atoms with Crippen molar-refractivity contribution in [2.45, 2.75) is 13.3 Å². The predicted octanol–water partition coefficient (Wildman–Crippen LogP) is 0.282. The molecule has 0 radical (unpaired) electrons. The smallest absolute Gasteiger partial charge is 0.218 e. The van der Waals surface area contributed by atoms with Gasteiger partial charge in [-0.1, -0.05) is 0 Å². The number of carbonyl (C=O) groups is 2. The van der Waals surface area contributed by atoms with Crippen LogP contribution >= 0.6 is 0 Å². The molecule has 2 N–H and O–H groups in total. The van der Waals surface area contributed by atoms with Gasteiger partial charge >= 0.3 is 0 Å². The molecule has 1 fully saturated rings. The average Bonchev–Trinajstić information content (AvgIpc) is 2.46. The van der Waals surface area contributed by atoms with Crippen molar-refractivity contribution in [2.24, 2.45) is 5.73 Å². The first-order valence-corrected chi connectivity index (χ1v) is 6.79. The molecule has 0 unspecified atom stereocenters. The second-order valence-electron chi connectivity index (χ2n) is 5.01. The fourth-order valence-corrected chi connectivity index (χ4v) is 2.25. The van der Waals surface area contributed by atoms with E-state index in [9.17, 15) is 9.59 Å². The highest BCUT2D eigenvalue weighted by Gasteiger charge is 2.18. The van der Waals surface area contributed by atoms with Gasteiger partial charge in [-0.15, -0.1) is 0 Å². The summed E-state index contributed by atoms with van der Waals surface area (Å²) >= 11 is 0. The Morgan fingerprint density at radius 1 is 1.25 bits per heavy atom. The SMILES string of the molecule is CC(=O)c1ccc(N2CCN(CCC(N)=O)CC2)nc1. The van der Waals surface area contributed by atoms with Gasteiger partial charge in [0.1, 0.15) is 5.82 Å². The number of amides is 1. The Balaban J connectivity index is 1.87. The maximum Gasteiger partial charge on any atom is 0.218 e. The van der Waals surface area contributed by atoms with Crippen molar-refractivity contribution in [3.8, 4) is 0 Å². The Hall–Kier alpha value is -1.95. The number of carbonyl (C=O) groups excluding carboxylic acids is 2. The van der Waals surface area contributed by atoms with Gasteiger partial charge < -0.3 is 10.6 Å². The standard InChI is InChI=1S/C14H20N4O2/c1-11(19)12-2-3-14(16-10-12)18-8-6-17(7-9-18)5-4-13(15)20/h2-3,10H,4-9H2,1H3,(H2,15,20). The van der Waals surface area contributed by atoms with E-state index < -0.39 is 0 Å². The zero-order chi connectivity index (χ0) is 14.5. The highest BCUT2D eigenvalue weighted by Crippen LogP contribution is 2.14. The monoisotopic (exact) mass is 276 g/mol. The summed E-state index contributed by atoms with van der Waals surface area (Å²) in [7, 11) is 0. The molecule has 20 heavy (non-hydrogen) atoms. The van der Waals surface area contributed by atoms with Crippen LogP contribution in [0.2, 0.25) is 0 Å². The number of hydrogen-bond donors (Lipinski definition) is 1. The zero-order valence-corrected chi connectivity index (χ0v) is 11.7. The second-order valence-corrected chi connectivity index (χ2v) is 5.01. The molecule has 1 amide bonds. The fourth-order valence-electron chi connectivity index (χ4n) is 2.25. The Morgan fingerprint density at radius 2 is 1.95 bits per heavy atom. The minimum atomic E-state index is -0.256. The summed E-state index contributed by atoms with van der Waals surface area (Å²) in [5, 5.41) is 0. The summed E-state index contributed by atoms with van der Waals surface area (Å²) in [6, 6.07) is 3.69. The molecule has 0 spiro atoms. The van der Waals surface area contributed by atoms with E-state index in [2.05, 4.69) is 14.8 Å². The highest BCUT2D eigenvalue weighted by molar-refractivity contribution is 5.93. The van der Waals surface area contributed by atoms with Crippen molar-refractivity contribution >= 4 is 17.5 Å². The van der Waals surface area contributed by atoms with Crippen molar-refractivity contribution in [3.05, 3.63) is 23.9 Å². The van der Waals surface area contributed by atoms with Crippen LogP contribution in [0.1, 0.15) is 23.7 Å². The summed E-state index contributed by atoms with van der Waals surface area (Å²) in [5.74, 6) is 0.666. The molecule has 1 saturated heterocycles. The van der Waals surface area contributed by atoms with Crippen LogP contribution in [0.5, 0.6) is 0 Å². The van der Waals surface area contributed by atoms with Crippen molar-refractivity contribution in [1.29, 1.82) is 0 Å². The third kappa shape index (κ3) is 3.77. The molecule has 2 heterocycles. The molecule has 1 aromatic rings. The number of piperazine rings is 1. The van der Waals surface area contributed by atoms with E-state index in [1.54, 1.807) is 6.20 Å². The third-order valence-electron chi connectivity index (χ3n) is 3.53. The van der Waals surface area contributed by atoms with E-state index >= 15 is 0 Å². The highest BCUT2D eigenvalue weighted by atomic mass is 16.1. The number of anilines is 1. The number of hydrogen-bond acceptors (Lipinski definition) is 5. The van der Waals surface area contributed by atoms with Gasteiger partial charge in [0.05, 0.1) is 0 Å². The summed E-state index contributed by atoms with van der Waals surface area (Å²) in [5.41, 5.74) is 5.79. The molecule has 0 bridgehead atoms. The normalized spacial score (nSPS) is 16.1. The van der Waals surface area contributed by atoms with Crippen LogP contribution in [-0.4, -0.2) is 54.3 Å². The lowest BCUT2D eigenvalue weighted by molar-refractivity contribution is -0.118. The molecule has 6 heteroatoms. The van der Waals surface area contributed by atoms with Crippen molar-refractivity contribution < 1.29 is 9.59 Å². The first kappa shape index (κ1) is 14.5. The average molecular weight is 276 g/mol. The number of ketones is 1. The zero-order valence-electron chi connectivity index (χ0n) is 11.7. The van der Waals surface area contributed by atoms with E-state index in [0.717, 1.165) is 38.5 Å². The lowest BCUT2D eigenvalue weighted by Gasteiger charge is -2.35. The van der Waals surface area contributed by atoms with E-state index in [4.69, 9.17) is 5.73 Å². The second kappa shape index (κ2) is 6.47. The quantitative estimate of drug-likeness (QED) is 0.782. The van der Waals surface area contributed by atoms with E-state index in [1.165, 1.54) is 6.92 Å². The maximum atomic E-state index is 11.2. The molecular formula is C14H20N4O2. The molecule has 0 aliphatic carbocycles. The van der Waals surface area contributed by atoms with Crippen LogP contribution in [0.3, 0.4) is 0 Å². The maximum absolute atomic E-state index is 11.2. The molecule has 1 aliphatic heterocycles. The predicted molar refractivity (Wildman–Crippen MR) is 76.7 cm³/mol. The van der Waals surface area contributed by atoms with E-state index in [-0.39, 0.29) is 11.7 Å². The number of nitrogens with two attached hydrogens (primary N) is 1. The number of Topliss-reactive ketones (excluding diaryl/α,β-unsaturated/α-hetero) is 1. The minimum absolute atomic E-state index is 0.0281. The molecule has 2 rings (SSSR count). The molecule has 1 aromatic heterocycles. The first-order valence-electron chi connectivity index (χ1n) is 6.79. The first-order chi connectivity index (χ1) is 9.56. The minimum Gasteiger partial charge on any atom is -0.370 e. The van der Waals surface area contributed by atoms with E-state index in [1.807, 2.05) is 12.1 Å². The lowest BCUT2D eigenvalue weighted by atomic mass is 10.2. The Bertz CT molecular complexity index is 478. The Labute approximate surface area is 118 Å². The molecule has 0 atom stereocenters. The van der Waals surface area contributed by atoms with Gasteiger partial charge in [0.15, 0.2) is 5.78 Å². The Kier molecular flexibility index (Phi) is 4.68. The summed E-state index contributed by atoms with van der Waals surface area (Å²) in [4.78, 5) is 30.7. The summed E-state index contributed by atoms with van der Waals surface area (Å²) < 4.78 is 0. The van der Waals surface area contributed by atoms with Gasteiger partial charge in [0, 0.05) is 50.9 Å². The molecule has 0 saturated carbocycles. The number of primary amides is 1. The number of nitrogens with zero attached hydrogens (tertiary/aromatic N) is 3. The van der Waals surface area contributed by atoms with Gasteiger partial charge in [-0.2, -0.15) is 0 Å². The van der Waals surface area contributed by atoms with Gasteiger partial charge in [-0.3, -0.25) is 14.5 Å². The lowest BCUT2D eigenvalue weighted by Crippen LogP contribution is -2.47. The largest absolute Gasteiger partial charge is 0.370 e. The van der Waals surface area contributed by atoms with Crippen LogP contribution in [0.25, 0.3) is 0 Å². The summed E-state index contributed by atoms with van der Waals surface area (Å²) in [6.07, 6.45) is 2.03. The van der Waals surface area contributed by atoms with Crippen LogP contribution < -0.4 is 10.6 Å². The molecular weight excluding hydrogens is 256 g/mol. The van der Waals surface area contributed by atoms with Gasteiger partial charge in [0.25, 0.3) is 0 Å². The van der Waals surface area contributed by atoms with Crippen LogP contribution in [0.4, 0.5) is 5.82 Å². The number of rotatable bonds is 5. The molecule has 1 aliphatic rings. The van der Waals surface area contributed by atoms with E-state index in [0.29, 0.717) is 12.0 Å². The number of aromatic nitrogens is 1.